The summed E-state index contributed by atoms with van der Waals surface area (Å²) < 4.78 is 0. The number of amides is 1. The molecule has 1 amide bonds. The number of nitro benzene ring substituents is 1. The second-order valence-corrected chi connectivity index (χ2v) is 4.93. The molecule has 2 N–H and O–H groups in total. The van der Waals surface area contributed by atoms with E-state index in [1.807, 2.05) is 6.07 Å². The molecule has 1 heterocycles. The van der Waals surface area contributed by atoms with Crippen LogP contribution in [0.25, 0.3) is 0 Å². The molecule has 2 aromatic rings. The van der Waals surface area contributed by atoms with Gasteiger partial charge in [-0.25, -0.2) is 0 Å². The summed E-state index contributed by atoms with van der Waals surface area (Å²) in [6.45, 7) is 3.68. The van der Waals surface area contributed by atoms with Crippen molar-refractivity contribution < 1.29 is 9.72 Å². The molecule has 0 atom stereocenters. The Labute approximate surface area is 126 Å². The summed E-state index contributed by atoms with van der Waals surface area (Å²) in [6.07, 6.45) is 0. The van der Waals surface area contributed by atoms with Crippen LogP contribution in [0.2, 0.25) is 0 Å². The molecule has 22 heavy (non-hydrogen) atoms. The Morgan fingerprint density at radius 1 is 1.27 bits per heavy atom. The summed E-state index contributed by atoms with van der Waals surface area (Å²) in [4.78, 5) is 36.6. The molecular weight excluding hydrogens is 286 g/mol. The van der Waals surface area contributed by atoms with Crippen LogP contribution in [0.1, 0.15) is 27.2 Å². The number of carbonyl (C=O) groups is 1. The largest absolute Gasteiger partial charge is 0.348 e. The van der Waals surface area contributed by atoms with Gasteiger partial charge < -0.3 is 10.3 Å². The van der Waals surface area contributed by atoms with Gasteiger partial charge in [-0.3, -0.25) is 19.7 Å². The number of aromatic nitrogens is 1. The van der Waals surface area contributed by atoms with Crippen LogP contribution in [0.15, 0.2) is 35.1 Å². The fourth-order valence-electron chi connectivity index (χ4n) is 2.11. The lowest BCUT2D eigenvalue weighted by Crippen LogP contribution is -2.27. The third kappa shape index (κ3) is 3.38. The smallest absolute Gasteiger partial charge is 0.269 e. The highest BCUT2D eigenvalue weighted by molar-refractivity contribution is 5.94. The number of rotatable bonds is 4. The molecule has 1 aromatic heterocycles. The predicted octanol–water partition coefficient (Wildman–Crippen LogP) is 1.83. The van der Waals surface area contributed by atoms with E-state index in [4.69, 9.17) is 0 Å². The van der Waals surface area contributed by atoms with E-state index in [0.717, 1.165) is 11.3 Å². The molecule has 114 valence electrons. The van der Waals surface area contributed by atoms with Crippen LogP contribution in [0.5, 0.6) is 0 Å². The van der Waals surface area contributed by atoms with Crippen molar-refractivity contribution in [3.63, 3.8) is 0 Å². The van der Waals surface area contributed by atoms with Gasteiger partial charge in [-0.1, -0.05) is 0 Å². The molecule has 0 bridgehead atoms. The quantitative estimate of drug-likeness (QED) is 0.663. The number of pyridine rings is 1. The maximum Gasteiger partial charge on any atom is 0.269 e. The Balaban J connectivity index is 2.10. The second-order valence-electron chi connectivity index (χ2n) is 4.93. The highest BCUT2D eigenvalue weighted by Crippen LogP contribution is 2.12. The lowest BCUT2D eigenvalue weighted by atomic mass is 10.1. The molecule has 7 nitrogen and oxygen atoms in total. The van der Waals surface area contributed by atoms with Crippen LogP contribution in [0.4, 0.5) is 5.69 Å². The van der Waals surface area contributed by atoms with Crippen molar-refractivity contribution in [3.05, 3.63) is 73.2 Å². The van der Waals surface area contributed by atoms with Crippen LogP contribution >= 0.6 is 0 Å². The van der Waals surface area contributed by atoms with Gasteiger partial charge in [-0.2, -0.15) is 0 Å². The number of aryl methyl sites for hydroxylation is 2. The molecule has 0 spiro atoms. The monoisotopic (exact) mass is 301 g/mol. The van der Waals surface area contributed by atoms with Crippen molar-refractivity contribution in [2.75, 3.05) is 0 Å². The number of benzene rings is 1. The van der Waals surface area contributed by atoms with Gasteiger partial charge in [-0.15, -0.1) is 0 Å². The Bertz CT molecular complexity index is 778. The van der Waals surface area contributed by atoms with E-state index >= 15 is 0 Å². The molecule has 0 aliphatic heterocycles. The molecule has 0 radical (unpaired) electrons. The highest BCUT2D eigenvalue weighted by atomic mass is 16.6. The van der Waals surface area contributed by atoms with Gasteiger partial charge >= 0.3 is 0 Å². The normalized spacial score (nSPS) is 10.3. The lowest BCUT2D eigenvalue weighted by Gasteiger charge is -2.08. The number of nitro groups is 1. The first-order valence-corrected chi connectivity index (χ1v) is 6.60. The van der Waals surface area contributed by atoms with Gasteiger partial charge in [0.1, 0.15) is 0 Å². The number of H-pyrrole nitrogens is 1. The van der Waals surface area contributed by atoms with Gasteiger partial charge in [0.15, 0.2) is 0 Å². The zero-order valence-corrected chi connectivity index (χ0v) is 12.2. The minimum Gasteiger partial charge on any atom is -0.348 e. The van der Waals surface area contributed by atoms with Crippen LogP contribution in [0.3, 0.4) is 0 Å². The number of aromatic amines is 1. The van der Waals surface area contributed by atoms with Gasteiger partial charge in [-0.05, 0) is 37.6 Å². The lowest BCUT2D eigenvalue weighted by molar-refractivity contribution is -0.384. The number of nitrogens with zero attached hydrogens (tertiary/aromatic N) is 1. The number of nitrogens with one attached hydrogen (secondary N) is 2. The molecule has 0 unspecified atom stereocenters. The van der Waals surface area contributed by atoms with Crippen molar-refractivity contribution in [1.82, 2.24) is 10.3 Å². The summed E-state index contributed by atoms with van der Waals surface area (Å²) >= 11 is 0. The van der Waals surface area contributed by atoms with E-state index in [1.165, 1.54) is 24.3 Å². The zero-order valence-electron chi connectivity index (χ0n) is 12.2. The van der Waals surface area contributed by atoms with Crippen LogP contribution in [0, 0.1) is 24.0 Å². The van der Waals surface area contributed by atoms with Gasteiger partial charge in [0, 0.05) is 35.5 Å². The predicted molar refractivity (Wildman–Crippen MR) is 80.8 cm³/mol. The fraction of sp³-hybridized carbons (Fsp3) is 0.200. The zero-order chi connectivity index (χ0) is 16.3. The fourth-order valence-corrected chi connectivity index (χ4v) is 2.11. The van der Waals surface area contributed by atoms with Crippen LogP contribution in [-0.2, 0) is 6.54 Å². The van der Waals surface area contributed by atoms with E-state index < -0.39 is 10.8 Å². The number of carbonyl (C=O) groups excluding carboxylic acids is 1. The maximum atomic E-state index is 12.0. The standard InChI is InChI=1S/C15H15N3O4/c1-9-7-10(2)17-15(20)13(9)8-16-14(19)11-3-5-12(6-4-11)18(21)22/h3-7H,8H2,1-2H3,(H,16,19)(H,17,20). The molecule has 0 saturated heterocycles. The van der Waals surface area contributed by atoms with Crippen LogP contribution < -0.4 is 10.9 Å². The molecule has 7 heteroatoms. The van der Waals surface area contributed by atoms with Crippen molar-refractivity contribution in [1.29, 1.82) is 0 Å². The molecule has 1 aromatic carbocycles. The average molecular weight is 301 g/mol. The summed E-state index contributed by atoms with van der Waals surface area (Å²) in [5, 5.41) is 13.2. The molecule has 0 fully saturated rings. The van der Waals surface area contributed by atoms with Crippen molar-refractivity contribution in [3.8, 4) is 0 Å². The first-order chi connectivity index (χ1) is 10.4. The first-order valence-electron chi connectivity index (χ1n) is 6.60. The highest BCUT2D eigenvalue weighted by Gasteiger charge is 2.11. The van der Waals surface area contributed by atoms with Crippen molar-refractivity contribution in [2.24, 2.45) is 0 Å². The summed E-state index contributed by atoms with van der Waals surface area (Å²) in [6, 6.07) is 7.10. The van der Waals surface area contributed by atoms with Gasteiger partial charge in [0.05, 0.1) is 4.92 Å². The second kappa shape index (κ2) is 6.21. The average Bonchev–Trinajstić information content (AvgIpc) is 2.46. The van der Waals surface area contributed by atoms with Gasteiger partial charge in [0.25, 0.3) is 17.2 Å². The van der Waals surface area contributed by atoms with E-state index in [1.54, 1.807) is 13.8 Å². The molecule has 0 aliphatic rings. The third-order valence-electron chi connectivity index (χ3n) is 3.26. The minimum atomic E-state index is -0.531. The summed E-state index contributed by atoms with van der Waals surface area (Å²) in [5.74, 6) is -0.394. The number of hydrogen-bond acceptors (Lipinski definition) is 4. The Morgan fingerprint density at radius 3 is 2.45 bits per heavy atom. The molecule has 0 aliphatic carbocycles. The summed E-state index contributed by atoms with van der Waals surface area (Å²) in [7, 11) is 0. The topological polar surface area (TPSA) is 105 Å². The maximum absolute atomic E-state index is 12.0. The Kier molecular flexibility index (Phi) is 4.36. The first kappa shape index (κ1) is 15.4. The van der Waals surface area contributed by atoms with Gasteiger partial charge in [0.2, 0.25) is 0 Å². The minimum absolute atomic E-state index is 0.0811. The van der Waals surface area contributed by atoms with E-state index in [-0.39, 0.29) is 17.8 Å². The van der Waals surface area contributed by atoms with E-state index in [2.05, 4.69) is 10.3 Å². The number of non-ortho nitro benzene ring substituents is 1. The Morgan fingerprint density at radius 2 is 1.91 bits per heavy atom. The van der Waals surface area contributed by atoms with Crippen molar-refractivity contribution in [2.45, 2.75) is 20.4 Å². The SMILES string of the molecule is Cc1cc(C)c(CNC(=O)c2ccc([N+](=O)[O-])cc2)c(=O)[nH]1. The molecule has 0 saturated carbocycles. The number of hydrogen-bond donors (Lipinski definition) is 2. The summed E-state index contributed by atoms with van der Waals surface area (Å²) in [5.41, 5.74) is 2.02. The Hall–Kier alpha value is -2.96. The van der Waals surface area contributed by atoms with Crippen LogP contribution in [-0.4, -0.2) is 15.8 Å². The van der Waals surface area contributed by atoms with Crippen molar-refractivity contribution >= 4 is 11.6 Å². The van der Waals surface area contributed by atoms with E-state index in [9.17, 15) is 19.7 Å². The molecule has 2 rings (SSSR count). The van der Waals surface area contributed by atoms with E-state index in [0.29, 0.717) is 11.1 Å². The molecular formula is C15H15N3O4. The third-order valence-corrected chi connectivity index (χ3v) is 3.26.